The van der Waals surface area contributed by atoms with E-state index >= 15 is 0 Å². The molecule has 1 aliphatic carbocycles. The molecule has 2 rings (SSSR count). The summed E-state index contributed by atoms with van der Waals surface area (Å²) in [6.45, 7) is 0.776. The molecule has 0 aromatic heterocycles. The van der Waals surface area contributed by atoms with Gasteiger partial charge in [-0.15, -0.1) is 11.8 Å². The molecular weight excluding hydrogens is 254 g/mol. The summed E-state index contributed by atoms with van der Waals surface area (Å²) >= 11 is 7.65. The molecule has 0 saturated heterocycles. The zero-order valence-corrected chi connectivity index (χ0v) is 11.4. The molecule has 2 nitrogen and oxygen atoms in total. The van der Waals surface area contributed by atoms with Gasteiger partial charge in [-0.25, -0.2) is 0 Å². The fraction of sp³-hybridized carbons (Fsp3) is 0.462. The molecular formula is C13H16ClNOS. The maximum absolute atomic E-state index is 12.0. The lowest BCUT2D eigenvalue weighted by Crippen LogP contribution is -2.32. The van der Waals surface area contributed by atoms with Crippen molar-refractivity contribution in [3.05, 3.63) is 28.8 Å². The first kappa shape index (κ1) is 12.8. The highest BCUT2D eigenvalue weighted by molar-refractivity contribution is 7.98. The van der Waals surface area contributed by atoms with Crippen LogP contribution in [0.1, 0.15) is 29.6 Å². The lowest BCUT2D eigenvalue weighted by Gasteiger charge is -2.25. The van der Waals surface area contributed by atoms with Gasteiger partial charge in [-0.2, -0.15) is 0 Å². The molecule has 0 spiro atoms. The van der Waals surface area contributed by atoms with Crippen LogP contribution in [-0.2, 0) is 0 Å². The first-order chi connectivity index (χ1) is 8.20. The molecule has 4 heteroatoms. The number of hydrogen-bond acceptors (Lipinski definition) is 2. The van der Waals surface area contributed by atoms with Crippen molar-refractivity contribution in [2.45, 2.75) is 24.2 Å². The predicted octanol–water partition coefficient (Wildman–Crippen LogP) is 3.59. The molecule has 0 aliphatic heterocycles. The second-order valence-corrected chi connectivity index (χ2v) is 5.64. The second kappa shape index (κ2) is 5.78. The van der Waals surface area contributed by atoms with E-state index < -0.39 is 0 Å². The lowest BCUT2D eigenvalue weighted by molar-refractivity contribution is 0.0939. The summed E-state index contributed by atoms with van der Waals surface area (Å²) in [7, 11) is 0. The van der Waals surface area contributed by atoms with Gasteiger partial charge in [0.05, 0.1) is 10.6 Å². The Hall–Kier alpha value is -0.670. The van der Waals surface area contributed by atoms with Gasteiger partial charge < -0.3 is 5.32 Å². The van der Waals surface area contributed by atoms with Crippen molar-refractivity contribution >= 4 is 29.3 Å². The number of thioether (sulfide) groups is 1. The fourth-order valence-corrected chi connectivity index (χ4v) is 2.48. The van der Waals surface area contributed by atoms with E-state index in [1.165, 1.54) is 19.3 Å². The average molecular weight is 270 g/mol. The molecule has 1 amide bonds. The molecule has 0 atom stereocenters. The van der Waals surface area contributed by atoms with Gasteiger partial charge in [0, 0.05) is 11.4 Å². The van der Waals surface area contributed by atoms with Gasteiger partial charge in [-0.1, -0.05) is 18.0 Å². The van der Waals surface area contributed by atoms with E-state index in [9.17, 15) is 4.79 Å². The summed E-state index contributed by atoms with van der Waals surface area (Å²) < 4.78 is 0. The Labute approximate surface area is 111 Å². The number of nitrogens with one attached hydrogen (secondary N) is 1. The Balaban J connectivity index is 2.01. The van der Waals surface area contributed by atoms with Crippen molar-refractivity contribution in [1.82, 2.24) is 5.32 Å². The molecule has 1 aromatic carbocycles. The van der Waals surface area contributed by atoms with Gasteiger partial charge >= 0.3 is 0 Å². The number of benzene rings is 1. The maximum atomic E-state index is 12.0. The van der Waals surface area contributed by atoms with Crippen LogP contribution < -0.4 is 5.32 Å². The Kier molecular flexibility index (Phi) is 4.35. The second-order valence-electron chi connectivity index (χ2n) is 4.35. The Morgan fingerprint density at radius 3 is 2.88 bits per heavy atom. The highest BCUT2D eigenvalue weighted by atomic mass is 35.5. The molecule has 17 heavy (non-hydrogen) atoms. The van der Waals surface area contributed by atoms with Crippen LogP contribution in [0.5, 0.6) is 0 Å². The van der Waals surface area contributed by atoms with E-state index in [4.69, 9.17) is 11.6 Å². The third-order valence-electron chi connectivity index (χ3n) is 3.19. The quantitative estimate of drug-likeness (QED) is 0.847. The monoisotopic (exact) mass is 269 g/mol. The standard InChI is InChI=1S/C13H16ClNOS/c1-17-10-5-6-12(14)11(7-10)13(16)15-8-9-3-2-4-9/h5-7,9H,2-4,8H2,1H3,(H,15,16). The zero-order chi connectivity index (χ0) is 12.3. The summed E-state index contributed by atoms with van der Waals surface area (Å²) in [6.07, 6.45) is 5.75. The van der Waals surface area contributed by atoms with Crippen molar-refractivity contribution in [3.8, 4) is 0 Å². The number of rotatable bonds is 4. The molecule has 1 aromatic rings. The van der Waals surface area contributed by atoms with Crippen LogP contribution >= 0.6 is 23.4 Å². The van der Waals surface area contributed by atoms with Crippen LogP contribution in [-0.4, -0.2) is 18.7 Å². The molecule has 92 valence electrons. The SMILES string of the molecule is CSc1ccc(Cl)c(C(=O)NCC2CCC2)c1. The summed E-state index contributed by atoms with van der Waals surface area (Å²) in [5.41, 5.74) is 0.581. The van der Waals surface area contributed by atoms with Crippen LogP contribution in [0.4, 0.5) is 0 Å². The van der Waals surface area contributed by atoms with Crippen molar-refractivity contribution in [2.75, 3.05) is 12.8 Å². The molecule has 0 unspecified atom stereocenters. The van der Waals surface area contributed by atoms with Gasteiger partial charge in [0.1, 0.15) is 0 Å². The minimum atomic E-state index is -0.0576. The zero-order valence-electron chi connectivity index (χ0n) is 9.83. The van der Waals surface area contributed by atoms with E-state index in [2.05, 4.69) is 5.32 Å². The number of hydrogen-bond donors (Lipinski definition) is 1. The topological polar surface area (TPSA) is 29.1 Å². The van der Waals surface area contributed by atoms with Crippen molar-refractivity contribution < 1.29 is 4.79 Å². The van der Waals surface area contributed by atoms with E-state index in [0.717, 1.165) is 11.4 Å². The molecule has 0 heterocycles. The minimum absolute atomic E-state index is 0.0576. The fourth-order valence-electron chi connectivity index (χ4n) is 1.83. The van der Waals surface area contributed by atoms with Crippen LogP contribution in [0.2, 0.25) is 5.02 Å². The average Bonchev–Trinajstić information content (AvgIpc) is 2.27. The van der Waals surface area contributed by atoms with E-state index in [0.29, 0.717) is 16.5 Å². The third kappa shape index (κ3) is 3.17. The van der Waals surface area contributed by atoms with Crippen LogP contribution in [0.15, 0.2) is 23.1 Å². The van der Waals surface area contributed by atoms with Gasteiger partial charge in [0.15, 0.2) is 0 Å². The summed E-state index contributed by atoms with van der Waals surface area (Å²) in [4.78, 5) is 13.0. The van der Waals surface area contributed by atoms with E-state index in [-0.39, 0.29) is 5.91 Å². The van der Waals surface area contributed by atoms with Gasteiger partial charge in [0.2, 0.25) is 0 Å². The summed E-state index contributed by atoms with van der Waals surface area (Å²) in [6, 6.07) is 5.56. The van der Waals surface area contributed by atoms with Crippen LogP contribution in [0.25, 0.3) is 0 Å². The van der Waals surface area contributed by atoms with E-state index in [1.807, 2.05) is 18.4 Å². The van der Waals surface area contributed by atoms with Gasteiger partial charge in [0.25, 0.3) is 5.91 Å². The summed E-state index contributed by atoms with van der Waals surface area (Å²) in [5, 5.41) is 3.48. The van der Waals surface area contributed by atoms with Crippen molar-refractivity contribution in [3.63, 3.8) is 0 Å². The third-order valence-corrected chi connectivity index (χ3v) is 4.25. The molecule has 1 aliphatic rings. The smallest absolute Gasteiger partial charge is 0.252 e. The molecule has 0 bridgehead atoms. The van der Waals surface area contributed by atoms with Gasteiger partial charge in [-0.3, -0.25) is 4.79 Å². The number of halogens is 1. The molecule has 1 saturated carbocycles. The molecule has 1 N–H and O–H groups in total. The minimum Gasteiger partial charge on any atom is -0.352 e. The van der Waals surface area contributed by atoms with E-state index in [1.54, 1.807) is 17.8 Å². The highest BCUT2D eigenvalue weighted by Gasteiger charge is 2.19. The maximum Gasteiger partial charge on any atom is 0.252 e. The highest BCUT2D eigenvalue weighted by Crippen LogP contribution is 2.26. The van der Waals surface area contributed by atoms with Crippen LogP contribution in [0, 0.1) is 5.92 Å². The number of amides is 1. The molecule has 1 fully saturated rings. The normalized spacial score (nSPS) is 15.4. The van der Waals surface area contributed by atoms with Gasteiger partial charge in [-0.05, 0) is 43.2 Å². The molecule has 0 radical (unpaired) electrons. The number of carbonyl (C=O) groups is 1. The Morgan fingerprint density at radius 2 is 2.29 bits per heavy atom. The van der Waals surface area contributed by atoms with Crippen LogP contribution in [0.3, 0.4) is 0 Å². The van der Waals surface area contributed by atoms with Crippen molar-refractivity contribution in [1.29, 1.82) is 0 Å². The Bertz CT molecular complexity index is 418. The predicted molar refractivity (Wildman–Crippen MR) is 72.9 cm³/mol. The first-order valence-electron chi connectivity index (χ1n) is 5.82. The van der Waals surface area contributed by atoms with Crippen molar-refractivity contribution in [2.24, 2.45) is 5.92 Å². The first-order valence-corrected chi connectivity index (χ1v) is 7.42. The largest absolute Gasteiger partial charge is 0.352 e. The summed E-state index contributed by atoms with van der Waals surface area (Å²) in [5.74, 6) is 0.610. The number of carbonyl (C=O) groups excluding carboxylic acids is 1. The Morgan fingerprint density at radius 1 is 1.53 bits per heavy atom. The lowest BCUT2D eigenvalue weighted by atomic mass is 9.85.